The average Bonchev–Trinajstić information content (AvgIpc) is 2.76. The van der Waals surface area contributed by atoms with Crippen LogP contribution >= 0.6 is 11.6 Å². The number of aromatic nitrogens is 3. The second-order valence-corrected chi connectivity index (χ2v) is 5.13. The van der Waals surface area contributed by atoms with E-state index >= 15 is 0 Å². The lowest BCUT2D eigenvalue weighted by Gasteiger charge is -2.27. The van der Waals surface area contributed by atoms with Crippen LogP contribution < -0.4 is 0 Å². The Balaban J connectivity index is 1.79. The zero-order valence-corrected chi connectivity index (χ0v) is 11.4. The third kappa shape index (κ3) is 2.35. The second kappa shape index (κ2) is 4.90. The third-order valence-electron chi connectivity index (χ3n) is 3.46. The standard InChI is InChI=1S/C13H14ClFN4/c1-9-16-17-13-8-18(5-6-19(9)13)7-10-11(14)3-2-4-12(10)15/h2-4H,5-8H2,1H3. The number of hydrogen-bond acceptors (Lipinski definition) is 3. The van der Waals surface area contributed by atoms with E-state index in [0.29, 0.717) is 23.7 Å². The van der Waals surface area contributed by atoms with Crippen molar-refractivity contribution in [2.24, 2.45) is 0 Å². The molecule has 0 fully saturated rings. The van der Waals surface area contributed by atoms with E-state index in [1.54, 1.807) is 12.1 Å². The molecule has 4 nitrogen and oxygen atoms in total. The zero-order valence-electron chi connectivity index (χ0n) is 10.6. The summed E-state index contributed by atoms with van der Waals surface area (Å²) in [6, 6.07) is 4.78. The lowest BCUT2D eigenvalue weighted by molar-refractivity contribution is 0.205. The van der Waals surface area contributed by atoms with Gasteiger partial charge in [-0.05, 0) is 19.1 Å². The molecule has 3 rings (SSSR count). The van der Waals surface area contributed by atoms with Gasteiger partial charge < -0.3 is 4.57 Å². The van der Waals surface area contributed by atoms with E-state index in [9.17, 15) is 4.39 Å². The Bertz CT molecular complexity index is 590. The number of rotatable bonds is 2. The molecule has 6 heteroatoms. The molecule has 1 aromatic carbocycles. The molecule has 0 bridgehead atoms. The Labute approximate surface area is 115 Å². The molecule has 1 aliphatic heterocycles. The molecule has 0 N–H and O–H groups in total. The predicted molar refractivity (Wildman–Crippen MR) is 70.3 cm³/mol. The molecule has 1 aliphatic rings. The van der Waals surface area contributed by atoms with Crippen LogP contribution in [-0.2, 0) is 19.6 Å². The highest BCUT2D eigenvalue weighted by Gasteiger charge is 2.21. The summed E-state index contributed by atoms with van der Waals surface area (Å²) in [5.74, 6) is 1.60. The summed E-state index contributed by atoms with van der Waals surface area (Å²) in [5.41, 5.74) is 0.550. The SMILES string of the molecule is Cc1nnc2n1CCN(Cc1c(F)cccc1Cl)C2. The first-order valence-electron chi connectivity index (χ1n) is 6.19. The van der Waals surface area contributed by atoms with Crippen LogP contribution in [0, 0.1) is 12.7 Å². The van der Waals surface area contributed by atoms with Gasteiger partial charge in [0, 0.05) is 30.2 Å². The van der Waals surface area contributed by atoms with Crippen molar-refractivity contribution in [3.8, 4) is 0 Å². The first-order chi connectivity index (χ1) is 9.15. The van der Waals surface area contributed by atoms with Crippen LogP contribution in [0.3, 0.4) is 0 Å². The molecule has 0 amide bonds. The maximum absolute atomic E-state index is 13.8. The van der Waals surface area contributed by atoms with E-state index in [1.807, 2.05) is 6.92 Å². The number of benzene rings is 1. The van der Waals surface area contributed by atoms with E-state index < -0.39 is 0 Å². The molecule has 0 atom stereocenters. The van der Waals surface area contributed by atoms with Gasteiger partial charge in [-0.3, -0.25) is 4.90 Å². The van der Waals surface area contributed by atoms with Crippen molar-refractivity contribution in [2.75, 3.05) is 6.54 Å². The van der Waals surface area contributed by atoms with Gasteiger partial charge in [0.05, 0.1) is 6.54 Å². The number of hydrogen-bond donors (Lipinski definition) is 0. The molecule has 19 heavy (non-hydrogen) atoms. The van der Waals surface area contributed by atoms with Crippen molar-refractivity contribution in [3.05, 3.63) is 46.3 Å². The van der Waals surface area contributed by atoms with Gasteiger partial charge in [0.15, 0.2) is 0 Å². The Morgan fingerprint density at radius 3 is 2.95 bits per heavy atom. The summed E-state index contributed by atoms with van der Waals surface area (Å²) < 4.78 is 15.9. The van der Waals surface area contributed by atoms with Crippen LogP contribution in [0.5, 0.6) is 0 Å². The molecule has 2 heterocycles. The fourth-order valence-corrected chi connectivity index (χ4v) is 2.62. The van der Waals surface area contributed by atoms with Gasteiger partial charge in [0.2, 0.25) is 0 Å². The number of aryl methyl sites for hydroxylation is 1. The minimum absolute atomic E-state index is 0.254. The van der Waals surface area contributed by atoms with E-state index in [0.717, 1.165) is 24.7 Å². The van der Waals surface area contributed by atoms with E-state index in [1.165, 1.54) is 6.07 Å². The number of fused-ring (bicyclic) bond motifs is 1. The summed E-state index contributed by atoms with van der Waals surface area (Å²) in [5, 5.41) is 8.67. The molecule has 0 spiro atoms. The van der Waals surface area contributed by atoms with Crippen LogP contribution in [0.15, 0.2) is 18.2 Å². The molecular formula is C13H14ClFN4. The van der Waals surface area contributed by atoms with Crippen LogP contribution in [-0.4, -0.2) is 26.2 Å². The minimum Gasteiger partial charge on any atom is -0.313 e. The highest BCUT2D eigenvalue weighted by atomic mass is 35.5. The van der Waals surface area contributed by atoms with Gasteiger partial charge in [-0.2, -0.15) is 0 Å². The quantitative estimate of drug-likeness (QED) is 0.847. The third-order valence-corrected chi connectivity index (χ3v) is 3.81. The van der Waals surface area contributed by atoms with Gasteiger partial charge in [-0.15, -0.1) is 10.2 Å². The van der Waals surface area contributed by atoms with Crippen molar-refractivity contribution in [3.63, 3.8) is 0 Å². The largest absolute Gasteiger partial charge is 0.313 e. The van der Waals surface area contributed by atoms with Gasteiger partial charge >= 0.3 is 0 Å². The fourth-order valence-electron chi connectivity index (χ4n) is 2.40. The lowest BCUT2D eigenvalue weighted by Crippen LogP contribution is -2.34. The van der Waals surface area contributed by atoms with E-state index in [4.69, 9.17) is 11.6 Å². The molecule has 0 unspecified atom stereocenters. The van der Waals surface area contributed by atoms with Crippen molar-refractivity contribution < 1.29 is 4.39 Å². The van der Waals surface area contributed by atoms with Crippen molar-refractivity contribution >= 4 is 11.6 Å². The number of halogens is 2. The summed E-state index contributed by atoms with van der Waals surface area (Å²) in [4.78, 5) is 2.13. The topological polar surface area (TPSA) is 34.0 Å². The molecule has 0 radical (unpaired) electrons. The fraction of sp³-hybridized carbons (Fsp3) is 0.385. The highest BCUT2D eigenvalue weighted by molar-refractivity contribution is 6.31. The summed E-state index contributed by atoms with van der Waals surface area (Å²) in [6.45, 7) is 4.79. The molecule has 0 saturated carbocycles. The van der Waals surface area contributed by atoms with Crippen molar-refractivity contribution in [2.45, 2.75) is 26.6 Å². The average molecular weight is 281 g/mol. The predicted octanol–water partition coefficient (Wildman–Crippen LogP) is 2.39. The summed E-state index contributed by atoms with van der Waals surface area (Å²) >= 11 is 6.05. The smallest absolute Gasteiger partial charge is 0.147 e. The van der Waals surface area contributed by atoms with Crippen LogP contribution in [0.2, 0.25) is 5.02 Å². The Morgan fingerprint density at radius 1 is 1.32 bits per heavy atom. The van der Waals surface area contributed by atoms with Crippen molar-refractivity contribution in [1.29, 1.82) is 0 Å². The Kier molecular flexibility index (Phi) is 3.24. The van der Waals surface area contributed by atoms with Gasteiger partial charge in [0.1, 0.15) is 17.5 Å². The molecule has 1 aromatic heterocycles. The maximum Gasteiger partial charge on any atom is 0.147 e. The maximum atomic E-state index is 13.8. The van der Waals surface area contributed by atoms with Gasteiger partial charge in [0.25, 0.3) is 0 Å². The first-order valence-corrected chi connectivity index (χ1v) is 6.57. The van der Waals surface area contributed by atoms with Crippen LogP contribution in [0.25, 0.3) is 0 Å². The zero-order chi connectivity index (χ0) is 13.4. The van der Waals surface area contributed by atoms with Gasteiger partial charge in [-0.1, -0.05) is 17.7 Å². The van der Waals surface area contributed by atoms with Crippen LogP contribution in [0.1, 0.15) is 17.2 Å². The second-order valence-electron chi connectivity index (χ2n) is 4.73. The molecule has 2 aromatic rings. The van der Waals surface area contributed by atoms with E-state index in [-0.39, 0.29) is 5.82 Å². The van der Waals surface area contributed by atoms with Gasteiger partial charge in [-0.25, -0.2) is 4.39 Å². The summed E-state index contributed by atoms with van der Waals surface area (Å²) in [6.07, 6.45) is 0. The normalized spacial score (nSPS) is 15.5. The molecule has 0 saturated heterocycles. The first kappa shape index (κ1) is 12.6. The van der Waals surface area contributed by atoms with Crippen molar-refractivity contribution in [1.82, 2.24) is 19.7 Å². The monoisotopic (exact) mass is 280 g/mol. The minimum atomic E-state index is -0.254. The highest BCUT2D eigenvalue weighted by Crippen LogP contribution is 2.22. The van der Waals surface area contributed by atoms with Crippen LogP contribution in [0.4, 0.5) is 4.39 Å². The molecular weight excluding hydrogens is 267 g/mol. The molecule has 100 valence electrons. The Morgan fingerprint density at radius 2 is 2.16 bits per heavy atom. The summed E-state index contributed by atoms with van der Waals surface area (Å²) in [7, 11) is 0. The number of nitrogens with zero attached hydrogens (tertiary/aromatic N) is 4. The Hall–Kier alpha value is -1.46. The van der Waals surface area contributed by atoms with E-state index in [2.05, 4.69) is 19.7 Å². The molecule has 0 aliphatic carbocycles. The lowest BCUT2D eigenvalue weighted by atomic mass is 10.2.